The lowest BCUT2D eigenvalue weighted by Crippen LogP contribution is -2.67. The van der Waals surface area contributed by atoms with Crippen molar-refractivity contribution in [3.63, 3.8) is 0 Å². The molecular formula is C55H104N2O18P2. The minimum atomic E-state index is -5.31. The van der Waals surface area contributed by atoms with Crippen LogP contribution in [0.15, 0.2) is 12.2 Å². The van der Waals surface area contributed by atoms with Crippen LogP contribution in [0.25, 0.3) is 0 Å². The molecule has 2 amide bonds. The Morgan fingerprint density at radius 1 is 0.571 bits per heavy atom. The van der Waals surface area contributed by atoms with E-state index >= 15 is 0 Å². The molecule has 0 saturated carbocycles. The number of Topliss-reactive ketones (excluding diaryl/α,β-unsaturated/α-hetero) is 1. The van der Waals surface area contributed by atoms with Gasteiger partial charge in [0.15, 0.2) is 12.6 Å². The van der Waals surface area contributed by atoms with E-state index in [0.29, 0.717) is 19.3 Å². The maximum atomic E-state index is 13.4. The van der Waals surface area contributed by atoms with Crippen LogP contribution in [0.2, 0.25) is 0 Å². The summed E-state index contributed by atoms with van der Waals surface area (Å²) in [4.78, 5) is 59.7. The number of unbranched alkanes of at least 4 members (excludes halogenated alkanes) is 26. The second-order valence-electron chi connectivity index (χ2n) is 20.8. The summed E-state index contributed by atoms with van der Waals surface area (Å²) in [6.45, 7) is 5.72. The number of carbonyl (C=O) groups is 3. The van der Waals surface area contributed by atoms with Crippen molar-refractivity contribution in [2.45, 2.75) is 300 Å². The first-order chi connectivity index (χ1) is 37.2. The first-order valence-electron chi connectivity index (χ1n) is 29.5. The molecule has 2 fully saturated rings. The highest BCUT2D eigenvalue weighted by atomic mass is 31.2. The van der Waals surface area contributed by atoms with Crippen molar-refractivity contribution < 1.29 is 87.1 Å². The van der Waals surface area contributed by atoms with Crippen molar-refractivity contribution in [2.24, 2.45) is 0 Å². The molecule has 0 spiro atoms. The summed E-state index contributed by atoms with van der Waals surface area (Å²) in [6, 6.07) is -2.76. The molecule has 0 radical (unpaired) electrons. The monoisotopic (exact) mass is 1140 g/mol. The molecule has 2 aliphatic rings. The number of ketones is 1. The molecule has 22 heteroatoms. The number of ether oxygens (including phenoxy) is 4. The van der Waals surface area contributed by atoms with Gasteiger partial charge in [-0.1, -0.05) is 181 Å². The zero-order valence-corrected chi connectivity index (χ0v) is 48.9. The number of aliphatic hydroxyl groups excluding tert-OH is 4. The number of carbonyl (C=O) groups excluding carboxylic acids is 3. The first kappa shape index (κ1) is 73.2. The fourth-order valence-electron chi connectivity index (χ4n) is 9.62. The molecule has 0 bridgehead atoms. The molecule has 10 atom stereocenters. The summed E-state index contributed by atoms with van der Waals surface area (Å²) in [6.07, 6.45) is 24.4. The zero-order valence-electron chi connectivity index (χ0n) is 47.1. The summed E-state index contributed by atoms with van der Waals surface area (Å²) < 4.78 is 53.5. The smallest absolute Gasteiger partial charge is 0.396 e. The van der Waals surface area contributed by atoms with Crippen LogP contribution in [0, 0.1) is 0 Å². The Morgan fingerprint density at radius 2 is 1.03 bits per heavy atom. The quantitative estimate of drug-likeness (QED) is 0.00683. The van der Waals surface area contributed by atoms with Crippen LogP contribution in [0.5, 0.6) is 0 Å². The van der Waals surface area contributed by atoms with Crippen LogP contribution in [0.3, 0.4) is 0 Å². The van der Waals surface area contributed by atoms with Gasteiger partial charge < -0.3 is 59.8 Å². The lowest BCUT2D eigenvalue weighted by atomic mass is 9.94. The van der Waals surface area contributed by atoms with Gasteiger partial charge in [-0.25, -0.2) is 14.4 Å². The van der Waals surface area contributed by atoms with E-state index in [1.807, 2.05) is 0 Å². The summed E-state index contributed by atoms with van der Waals surface area (Å²) in [5.74, 6) is -1.46. The van der Waals surface area contributed by atoms with Crippen molar-refractivity contribution in [1.82, 2.24) is 10.6 Å². The predicted octanol–water partition coefficient (Wildman–Crippen LogP) is 10.1. The molecule has 0 aromatic heterocycles. The van der Waals surface area contributed by atoms with Crippen molar-refractivity contribution in [3.8, 4) is 0 Å². The van der Waals surface area contributed by atoms with Gasteiger partial charge in [-0.2, -0.15) is 0 Å². The average molecular weight is 1140 g/mol. The molecule has 0 aromatic carbocycles. The van der Waals surface area contributed by atoms with Crippen molar-refractivity contribution in [2.75, 3.05) is 19.8 Å². The van der Waals surface area contributed by atoms with Gasteiger partial charge in [-0.3, -0.25) is 18.9 Å². The number of phosphoric acid groups is 1. The Hall–Kier alpha value is -1.84. The molecule has 0 unspecified atom stereocenters. The number of nitrogens with one attached hydrogen (secondary N) is 2. The van der Waals surface area contributed by atoms with Crippen LogP contribution in [0.4, 0.5) is 0 Å². The average Bonchev–Trinajstić information content (AvgIpc) is 3.39. The second-order valence-corrected chi connectivity index (χ2v) is 22.3. The van der Waals surface area contributed by atoms with Gasteiger partial charge in [0.2, 0.25) is 11.8 Å². The number of rotatable bonds is 47. The maximum Gasteiger partial charge on any atom is 0.472 e. The van der Waals surface area contributed by atoms with E-state index in [1.165, 1.54) is 57.8 Å². The van der Waals surface area contributed by atoms with Gasteiger partial charge in [0.1, 0.15) is 48.4 Å². The van der Waals surface area contributed by atoms with Crippen molar-refractivity contribution in [3.05, 3.63) is 12.2 Å². The Bertz CT molecular complexity index is 1560. The normalized spacial score (nSPS) is 23.7. The van der Waals surface area contributed by atoms with Crippen molar-refractivity contribution >= 4 is 34.1 Å². The second kappa shape index (κ2) is 47.8. The number of hydrogen-bond donors (Lipinski definition) is 9. The third kappa shape index (κ3) is 36.3. The number of hydrogen-bond acceptors (Lipinski definition) is 16. The Morgan fingerprint density at radius 3 is 1.53 bits per heavy atom. The van der Waals surface area contributed by atoms with Gasteiger partial charge in [-0.15, -0.1) is 4.67 Å². The van der Waals surface area contributed by atoms with Crippen LogP contribution >= 0.6 is 16.5 Å². The molecule has 2 rings (SSSR count). The standard InChI is InChI=1S/C55H103N2O15P.HO3P/c1-4-7-10-13-16-19-20-21-22-23-24-26-28-31-34-37-46(60)56-48-52(64)50(62)44(38-39-58)70-54(48)69-42-45-51(63)53(68-40-35-32-29-18-15-12-9-6-3)49(55(71-45)72-73(65,66)67)57-47(61)41-43(59)36-33-30-27-25-17-14-11-8-5-2;1-3-4-2/h19-20,44-45,48-55,58,62-64H,4-18,21-42H2,1-3H3,(H,56,60)(H,57,61)(H2,65,66,67);1H/b20-19-;/t44-,45-,48-,49-,50-,51-,52-,53-,54-,55-;/m1./s1. The van der Waals surface area contributed by atoms with Gasteiger partial charge in [0.25, 0.3) is 0 Å². The largest absolute Gasteiger partial charge is 0.472 e. The van der Waals surface area contributed by atoms with Crippen LogP contribution in [-0.2, 0) is 51.7 Å². The van der Waals surface area contributed by atoms with E-state index in [1.54, 1.807) is 0 Å². The van der Waals surface area contributed by atoms with Crippen LogP contribution < -0.4 is 10.6 Å². The summed E-state index contributed by atoms with van der Waals surface area (Å²) in [5, 5.41) is 56.2. The SMILES string of the molecule is CCCCCC/C=C\CCCCCCCCCC(=O)N[C@H]1[C@H](OC[C@H]2O[C@H](OP(=O)(O)O)[C@H](NC(=O)CC(=O)CCCCCCCCCCC)[C@@H](OCCCCCCCCCC)[C@@H]2O)O[C@H](CCO)[C@@H](O)[C@@H]1O.O=POO. The minimum absolute atomic E-state index is 0.0763. The van der Waals surface area contributed by atoms with E-state index in [2.05, 4.69) is 48.2 Å². The van der Waals surface area contributed by atoms with E-state index in [9.17, 15) is 49.2 Å². The molecule has 0 aromatic rings. The van der Waals surface area contributed by atoms with E-state index in [4.69, 9.17) is 33.3 Å². The highest BCUT2D eigenvalue weighted by molar-refractivity contribution is 7.46. The molecule has 2 heterocycles. The number of allylic oxidation sites excluding steroid dienone is 2. The number of phosphoric ester groups is 1. The maximum absolute atomic E-state index is 13.4. The van der Waals surface area contributed by atoms with Gasteiger partial charge in [0.05, 0.1) is 19.1 Å². The highest BCUT2D eigenvalue weighted by Gasteiger charge is 2.51. The summed E-state index contributed by atoms with van der Waals surface area (Å²) in [5.41, 5.74) is 0. The Kier molecular flexibility index (Phi) is 45.4. The zero-order chi connectivity index (χ0) is 56.9. The van der Waals surface area contributed by atoms with Crippen LogP contribution in [0.1, 0.15) is 239 Å². The van der Waals surface area contributed by atoms with Crippen LogP contribution in [-0.4, -0.2) is 134 Å². The topological polar surface area (TPSA) is 306 Å². The highest BCUT2D eigenvalue weighted by Crippen LogP contribution is 2.41. The molecule has 0 aliphatic carbocycles. The molecule has 9 N–H and O–H groups in total. The van der Waals surface area contributed by atoms with E-state index in [0.717, 1.165) is 116 Å². The Labute approximate surface area is 462 Å². The summed E-state index contributed by atoms with van der Waals surface area (Å²) >= 11 is 0. The first-order valence-corrected chi connectivity index (χ1v) is 31.7. The molecule has 452 valence electrons. The fourth-order valence-corrected chi connectivity index (χ4v) is 10.1. The Balaban J connectivity index is 0.00000714. The van der Waals surface area contributed by atoms with Gasteiger partial charge in [0, 0.05) is 26.1 Å². The van der Waals surface area contributed by atoms with E-state index in [-0.39, 0.29) is 31.7 Å². The minimum Gasteiger partial charge on any atom is -0.396 e. The number of aliphatic hydroxyl groups is 4. The lowest BCUT2D eigenvalue weighted by molar-refractivity contribution is -0.296. The fraction of sp³-hybridized carbons (Fsp3) is 0.909. The van der Waals surface area contributed by atoms with E-state index < -0.39 is 109 Å². The van der Waals surface area contributed by atoms with Crippen molar-refractivity contribution in [1.29, 1.82) is 0 Å². The molecule has 20 nitrogen and oxygen atoms in total. The predicted molar refractivity (Wildman–Crippen MR) is 295 cm³/mol. The lowest BCUT2D eigenvalue weighted by Gasteiger charge is -2.46. The molecule has 2 saturated heterocycles. The third-order valence-corrected chi connectivity index (χ3v) is 14.6. The summed E-state index contributed by atoms with van der Waals surface area (Å²) in [7, 11) is -6.01. The third-order valence-electron chi connectivity index (χ3n) is 14.0. The van der Waals surface area contributed by atoms with Gasteiger partial charge in [-0.05, 0) is 51.4 Å². The molecular weight excluding hydrogens is 1040 g/mol. The molecule has 77 heavy (non-hydrogen) atoms. The molecule has 2 aliphatic heterocycles. The van der Waals surface area contributed by atoms with Gasteiger partial charge >= 0.3 is 16.5 Å². The number of amides is 2.